The van der Waals surface area contributed by atoms with Crippen molar-refractivity contribution in [2.45, 2.75) is 6.42 Å². The summed E-state index contributed by atoms with van der Waals surface area (Å²) in [6, 6.07) is 0. The molecule has 0 N–H and O–H groups in total. The number of allylic oxidation sites excluding steroid dienone is 1. The maximum atomic E-state index is 5.30. The molecule has 3 heteroatoms. The van der Waals surface area contributed by atoms with Gasteiger partial charge in [0, 0.05) is 7.11 Å². The molecule has 0 unspecified atom stereocenters. The third-order valence-electron chi connectivity index (χ3n) is 1.58. The first-order valence-corrected chi connectivity index (χ1v) is 4.26. The number of hydrogen-bond donors (Lipinski definition) is 0. The Morgan fingerprint density at radius 1 is 1.17 bits per heavy atom. The molecule has 0 atom stereocenters. The van der Waals surface area contributed by atoms with Crippen LogP contribution in [0.15, 0.2) is 11.6 Å². The van der Waals surface area contributed by atoms with Crippen LogP contribution in [0.25, 0.3) is 0 Å². The van der Waals surface area contributed by atoms with Gasteiger partial charge in [0.25, 0.3) is 0 Å². The standard InChI is InChI=1S/C9H16O3/c1-10-4-5-11-6-7-12-8-9-2-3-9/h2H,3-8H2,1H3. The molecule has 70 valence electrons. The quantitative estimate of drug-likeness (QED) is 0.404. The summed E-state index contributed by atoms with van der Waals surface area (Å²) >= 11 is 0. The van der Waals surface area contributed by atoms with Crippen molar-refractivity contribution < 1.29 is 14.2 Å². The largest absolute Gasteiger partial charge is 0.382 e. The van der Waals surface area contributed by atoms with E-state index in [0.717, 1.165) is 13.0 Å². The highest BCUT2D eigenvalue weighted by molar-refractivity contribution is 5.21. The van der Waals surface area contributed by atoms with Crippen LogP contribution in [0.1, 0.15) is 6.42 Å². The molecule has 1 rings (SSSR count). The maximum absolute atomic E-state index is 5.30. The first-order valence-electron chi connectivity index (χ1n) is 4.26. The molecule has 0 amide bonds. The highest BCUT2D eigenvalue weighted by atomic mass is 16.5. The van der Waals surface area contributed by atoms with Crippen molar-refractivity contribution in [1.29, 1.82) is 0 Å². The van der Waals surface area contributed by atoms with E-state index in [0.29, 0.717) is 26.4 Å². The minimum atomic E-state index is 0.655. The second-order valence-electron chi connectivity index (χ2n) is 2.72. The Bertz CT molecular complexity index is 143. The van der Waals surface area contributed by atoms with Crippen molar-refractivity contribution in [2.75, 3.05) is 40.1 Å². The van der Waals surface area contributed by atoms with Crippen LogP contribution in [-0.4, -0.2) is 40.1 Å². The number of rotatable bonds is 8. The molecule has 0 fully saturated rings. The zero-order valence-electron chi connectivity index (χ0n) is 7.54. The molecule has 0 aromatic heterocycles. The highest BCUT2D eigenvalue weighted by Crippen LogP contribution is 2.17. The van der Waals surface area contributed by atoms with Gasteiger partial charge in [-0.2, -0.15) is 0 Å². The van der Waals surface area contributed by atoms with Crippen LogP contribution in [0.5, 0.6) is 0 Å². The van der Waals surface area contributed by atoms with Gasteiger partial charge in [-0.15, -0.1) is 0 Å². The van der Waals surface area contributed by atoms with E-state index in [2.05, 4.69) is 6.08 Å². The number of hydrogen-bond acceptors (Lipinski definition) is 3. The molecule has 0 saturated heterocycles. The Labute approximate surface area is 73.3 Å². The average molecular weight is 172 g/mol. The molecule has 1 aliphatic rings. The minimum Gasteiger partial charge on any atom is -0.382 e. The van der Waals surface area contributed by atoms with E-state index in [1.54, 1.807) is 7.11 Å². The minimum absolute atomic E-state index is 0.655. The van der Waals surface area contributed by atoms with E-state index in [-0.39, 0.29) is 0 Å². The van der Waals surface area contributed by atoms with Crippen molar-refractivity contribution in [3.05, 3.63) is 11.6 Å². The van der Waals surface area contributed by atoms with E-state index >= 15 is 0 Å². The summed E-state index contributed by atoms with van der Waals surface area (Å²) in [6.07, 6.45) is 3.32. The predicted molar refractivity (Wildman–Crippen MR) is 46.2 cm³/mol. The van der Waals surface area contributed by atoms with Gasteiger partial charge >= 0.3 is 0 Å². The summed E-state index contributed by atoms with van der Waals surface area (Å²) in [4.78, 5) is 0. The van der Waals surface area contributed by atoms with Gasteiger partial charge in [-0.25, -0.2) is 0 Å². The third kappa shape index (κ3) is 5.29. The fourth-order valence-electron chi connectivity index (χ4n) is 0.755. The smallest absolute Gasteiger partial charge is 0.0704 e. The van der Waals surface area contributed by atoms with Crippen LogP contribution >= 0.6 is 0 Å². The molecule has 0 aromatic carbocycles. The molecule has 0 radical (unpaired) electrons. The summed E-state index contributed by atoms with van der Waals surface area (Å²) in [7, 11) is 1.67. The van der Waals surface area contributed by atoms with Gasteiger partial charge in [0.1, 0.15) is 0 Å². The van der Waals surface area contributed by atoms with Crippen molar-refractivity contribution in [1.82, 2.24) is 0 Å². The van der Waals surface area contributed by atoms with Crippen LogP contribution in [0, 0.1) is 0 Å². The lowest BCUT2D eigenvalue weighted by atomic mass is 10.5. The zero-order valence-corrected chi connectivity index (χ0v) is 7.54. The SMILES string of the molecule is COCCOCCOCC1=CC1. The van der Waals surface area contributed by atoms with Gasteiger partial charge in [-0.3, -0.25) is 0 Å². The Hall–Kier alpha value is -0.380. The molecule has 1 aliphatic carbocycles. The molecule has 0 aliphatic heterocycles. The third-order valence-corrected chi connectivity index (χ3v) is 1.58. The van der Waals surface area contributed by atoms with Gasteiger partial charge in [0.15, 0.2) is 0 Å². The monoisotopic (exact) mass is 172 g/mol. The van der Waals surface area contributed by atoms with E-state index < -0.39 is 0 Å². The van der Waals surface area contributed by atoms with Crippen LogP contribution in [-0.2, 0) is 14.2 Å². The molecule has 0 aromatic rings. The average Bonchev–Trinajstić information content (AvgIpc) is 2.87. The first kappa shape index (κ1) is 9.71. The van der Waals surface area contributed by atoms with Gasteiger partial charge in [-0.1, -0.05) is 6.08 Å². The Morgan fingerprint density at radius 3 is 2.50 bits per heavy atom. The van der Waals surface area contributed by atoms with Gasteiger partial charge in [-0.05, 0) is 12.0 Å². The molecule has 0 bridgehead atoms. The topological polar surface area (TPSA) is 27.7 Å². The summed E-state index contributed by atoms with van der Waals surface area (Å²) in [6.45, 7) is 3.44. The maximum Gasteiger partial charge on any atom is 0.0704 e. The fraction of sp³-hybridized carbons (Fsp3) is 0.778. The Balaban J connectivity index is 1.67. The second kappa shape index (κ2) is 6.17. The predicted octanol–water partition coefficient (Wildman–Crippen LogP) is 0.996. The molecule has 3 nitrogen and oxygen atoms in total. The molecular weight excluding hydrogens is 156 g/mol. The normalized spacial score (nSPS) is 14.6. The lowest BCUT2D eigenvalue weighted by Gasteiger charge is -2.03. The van der Waals surface area contributed by atoms with E-state index in [4.69, 9.17) is 14.2 Å². The van der Waals surface area contributed by atoms with Crippen molar-refractivity contribution in [3.63, 3.8) is 0 Å². The number of methoxy groups -OCH3 is 1. The van der Waals surface area contributed by atoms with E-state index in [1.807, 2.05) is 0 Å². The second-order valence-corrected chi connectivity index (χ2v) is 2.72. The van der Waals surface area contributed by atoms with E-state index in [1.165, 1.54) is 5.57 Å². The fourth-order valence-corrected chi connectivity index (χ4v) is 0.755. The van der Waals surface area contributed by atoms with Gasteiger partial charge in [0.2, 0.25) is 0 Å². The summed E-state index contributed by atoms with van der Waals surface area (Å²) in [5, 5.41) is 0. The Kier molecular flexibility index (Phi) is 4.99. The van der Waals surface area contributed by atoms with Crippen LogP contribution in [0.2, 0.25) is 0 Å². The highest BCUT2D eigenvalue weighted by Gasteiger charge is 2.05. The summed E-state index contributed by atoms with van der Waals surface area (Å²) in [5.41, 5.74) is 1.41. The van der Waals surface area contributed by atoms with Crippen molar-refractivity contribution >= 4 is 0 Å². The van der Waals surface area contributed by atoms with Crippen LogP contribution in [0.3, 0.4) is 0 Å². The molecule has 0 saturated carbocycles. The van der Waals surface area contributed by atoms with Gasteiger partial charge in [0.05, 0.1) is 33.0 Å². The molecule has 0 heterocycles. The molecule has 12 heavy (non-hydrogen) atoms. The van der Waals surface area contributed by atoms with E-state index in [9.17, 15) is 0 Å². The lowest BCUT2D eigenvalue weighted by Crippen LogP contribution is -2.08. The van der Waals surface area contributed by atoms with Crippen LogP contribution in [0.4, 0.5) is 0 Å². The number of ether oxygens (including phenoxy) is 3. The molecular formula is C9H16O3. The lowest BCUT2D eigenvalue weighted by molar-refractivity contribution is 0.0305. The summed E-state index contributed by atoms with van der Waals surface area (Å²) < 4.78 is 15.3. The van der Waals surface area contributed by atoms with Crippen molar-refractivity contribution in [2.24, 2.45) is 0 Å². The first-order chi connectivity index (χ1) is 5.93. The van der Waals surface area contributed by atoms with Gasteiger partial charge < -0.3 is 14.2 Å². The Morgan fingerprint density at radius 2 is 1.83 bits per heavy atom. The molecule has 0 spiro atoms. The summed E-state index contributed by atoms with van der Waals surface area (Å²) in [5.74, 6) is 0. The van der Waals surface area contributed by atoms with Crippen LogP contribution < -0.4 is 0 Å². The van der Waals surface area contributed by atoms with Crippen molar-refractivity contribution in [3.8, 4) is 0 Å². The zero-order chi connectivity index (χ0) is 8.65.